The molecule has 1 N–H and O–H groups in total. The number of hydrogen-bond acceptors (Lipinski definition) is 6. The fourth-order valence-corrected chi connectivity index (χ4v) is 6.36. The van der Waals surface area contributed by atoms with Crippen LogP contribution in [0.4, 0.5) is 0 Å². The molecule has 2 aliphatic rings. The minimum Gasteiger partial charge on any atom is -0.491 e. The van der Waals surface area contributed by atoms with Gasteiger partial charge < -0.3 is 19.5 Å². The molecule has 1 saturated heterocycles. The number of methoxy groups -OCH3 is 1. The first-order chi connectivity index (χ1) is 20.4. The van der Waals surface area contributed by atoms with E-state index in [9.17, 15) is 4.79 Å². The third-order valence-electron chi connectivity index (χ3n) is 8.72. The number of piperidine rings is 1. The van der Waals surface area contributed by atoms with Gasteiger partial charge in [0.05, 0.1) is 13.2 Å². The number of nitrogens with one attached hydrogen (secondary N) is 1. The second-order valence-corrected chi connectivity index (χ2v) is 12.4. The van der Waals surface area contributed by atoms with Gasteiger partial charge in [0.1, 0.15) is 29.3 Å². The molecule has 1 atom stereocenters. The summed E-state index contributed by atoms with van der Waals surface area (Å²) in [5, 5.41) is 4.84. The summed E-state index contributed by atoms with van der Waals surface area (Å²) in [7, 11) is 1.65. The fourth-order valence-electron chi connectivity index (χ4n) is 6.24. The first kappa shape index (κ1) is 30.6. The standard InChI is InChI=1S/C34H44ClN3O4/c1-23(2)38-17-5-6-28(21-38)36-34(39)30-20-32(41-19-18-40-3)29-7-4-8-31(33(29)37-30)42-22-24-9-11-25(12-10-24)26-13-15-27(35)16-14-26/h4,7-8,13-16,20,23-25,28H,5-6,9-12,17-19,21-22H2,1-3H3,(H,36,39)/t24?,25?,28-/m1/s1. The second-order valence-electron chi connectivity index (χ2n) is 12.0. The van der Waals surface area contributed by atoms with E-state index in [1.807, 2.05) is 30.3 Å². The lowest BCUT2D eigenvalue weighted by Crippen LogP contribution is -2.49. The number of hydrogen-bond donors (Lipinski definition) is 1. The highest BCUT2D eigenvalue weighted by Crippen LogP contribution is 2.37. The first-order valence-electron chi connectivity index (χ1n) is 15.4. The molecular formula is C34H44ClN3O4. The Bertz CT molecular complexity index is 1320. The Morgan fingerprint density at radius 3 is 2.55 bits per heavy atom. The van der Waals surface area contributed by atoms with Crippen molar-refractivity contribution < 1.29 is 19.0 Å². The smallest absolute Gasteiger partial charge is 0.270 e. The van der Waals surface area contributed by atoms with E-state index in [2.05, 4.69) is 36.2 Å². The number of benzene rings is 2. The summed E-state index contributed by atoms with van der Waals surface area (Å²) >= 11 is 6.08. The molecule has 0 radical (unpaired) electrons. The summed E-state index contributed by atoms with van der Waals surface area (Å²) < 4.78 is 17.7. The molecule has 7 nitrogen and oxygen atoms in total. The third kappa shape index (κ3) is 7.74. The van der Waals surface area contributed by atoms with Crippen LogP contribution in [0.25, 0.3) is 10.9 Å². The average molecular weight is 594 g/mol. The van der Waals surface area contributed by atoms with Crippen LogP contribution in [0.3, 0.4) is 0 Å². The average Bonchev–Trinajstić information content (AvgIpc) is 3.01. The van der Waals surface area contributed by atoms with Crippen molar-refractivity contribution >= 4 is 28.4 Å². The van der Waals surface area contributed by atoms with E-state index in [-0.39, 0.29) is 11.9 Å². The number of likely N-dealkylation sites (tertiary alicyclic amines) is 1. The molecule has 1 aliphatic carbocycles. The van der Waals surface area contributed by atoms with Crippen LogP contribution in [-0.4, -0.2) is 67.9 Å². The van der Waals surface area contributed by atoms with Gasteiger partial charge >= 0.3 is 0 Å². The number of fused-ring (bicyclic) bond motifs is 1. The molecule has 0 unspecified atom stereocenters. The fraction of sp³-hybridized carbons (Fsp3) is 0.529. The molecule has 1 aliphatic heterocycles. The quantitative estimate of drug-likeness (QED) is 0.245. The predicted octanol–water partition coefficient (Wildman–Crippen LogP) is 6.87. The van der Waals surface area contributed by atoms with Crippen molar-refractivity contribution in [1.82, 2.24) is 15.2 Å². The molecule has 1 amide bonds. The number of pyridine rings is 1. The molecule has 0 bridgehead atoms. The van der Waals surface area contributed by atoms with Gasteiger partial charge in [-0.2, -0.15) is 0 Å². The number of amides is 1. The zero-order valence-corrected chi connectivity index (χ0v) is 25.9. The molecule has 0 spiro atoms. The van der Waals surface area contributed by atoms with E-state index in [0.29, 0.717) is 60.4 Å². The van der Waals surface area contributed by atoms with Crippen LogP contribution >= 0.6 is 11.6 Å². The minimum absolute atomic E-state index is 0.0958. The normalized spacial score (nSPS) is 21.4. The van der Waals surface area contributed by atoms with Crippen molar-refractivity contribution in [2.45, 2.75) is 70.4 Å². The number of halogens is 1. The second kappa shape index (κ2) is 14.5. The molecular weight excluding hydrogens is 550 g/mol. The maximum absolute atomic E-state index is 13.5. The molecule has 1 saturated carbocycles. The van der Waals surface area contributed by atoms with Crippen molar-refractivity contribution in [3.05, 3.63) is 64.8 Å². The zero-order chi connectivity index (χ0) is 29.5. The molecule has 42 heavy (non-hydrogen) atoms. The number of ether oxygens (including phenoxy) is 3. The Labute approximate surface area is 254 Å². The Kier molecular flexibility index (Phi) is 10.6. The molecule has 8 heteroatoms. The Morgan fingerprint density at radius 1 is 1.02 bits per heavy atom. The van der Waals surface area contributed by atoms with E-state index in [1.54, 1.807) is 13.2 Å². The van der Waals surface area contributed by atoms with E-state index in [1.165, 1.54) is 5.56 Å². The van der Waals surface area contributed by atoms with Gasteiger partial charge in [-0.1, -0.05) is 29.8 Å². The summed E-state index contributed by atoms with van der Waals surface area (Å²) in [6.45, 7) is 7.77. The first-order valence-corrected chi connectivity index (χ1v) is 15.8. The zero-order valence-electron chi connectivity index (χ0n) is 25.1. The number of para-hydroxylation sites is 1. The summed E-state index contributed by atoms with van der Waals surface area (Å²) in [4.78, 5) is 20.7. The third-order valence-corrected chi connectivity index (χ3v) is 8.98. The van der Waals surface area contributed by atoms with Crippen molar-refractivity contribution in [1.29, 1.82) is 0 Å². The summed E-state index contributed by atoms with van der Waals surface area (Å²) in [6, 6.07) is 16.4. The molecule has 226 valence electrons. The van der Waals surface area contributed by atoms with Gasteiger partial charge in [-0.05, 0) is 101 Å². The summed E-state index contributed by atoms with van der Waals surface area (Å²) in [5.74, 6) is 2.16. The van der Waals surface area contributed by atoms with Crippen LogP contribution in [0, 0.1) is 5.92 Å². The van der Waals surface area contributed by atoms with Gasteiger partial charge in [0.15, 0.2) is 0 Å². The van der Waals surface area contributed by atoms with Gasteiger partial charge in [0, 0.05) is 42.2 Å². The van der Waals surface area contributed by atoms with Gasteiger partial charge in [0.2, 0.25) is 0 Å². The molecule has 2 aromatic carbocycles. The highest BCUT2D eigenvalue weighted by Gasteiger charge is 2.26. The molecule has 2 heterocycles. The number of carbonyl (C=O) groups is 1. The van der Waals surface area contributed by atoms with Crippen molar-refractivity contribution in [2.75, 3.05) is 40.0 Å². The number of rotatable bonds is 11. The summed E-state index contributed by atoms with van der Waals surface area (Å²) in [6.07, 6.45) is 6.54. The van der Waals surface area contributed by atoms with Crippen LogP contribution < -0.4 is 14.8 Å². The topological polar surface area (TPSA) is 72.9 Å². The number of nitrogens with zero attached hydrogens (tertiary/aromatic N) is 2. The van der Waals surface area contributed by atoms with Gasteiger partial charge in [0.25, 0.3) is 5.91 Å². The van der Waals surface area contributed by atoms with Crippen molar-refractivity contribution in [2.24, 2.45) is 5.92 Å². The lowest BCUT2D eigenvalue weighted by molar-refractivity contribution is 0.0881. The van der Waals surface area contributed by atoms with Gasteiger partial charge in [-0.3, -0.25) is 9.69 Å². The van der Waals surface area contributed by atoms with Crippen LogP contribution in [0.2, 0.25) is 5.02 Å². The molecule has 3 aromatic rings. The maximum Gasteiger partial charge on any atom is 0.270 e. The van der Waals surface area contributed by atoms with Crippen LogP contribution in [0.5, 0.6) is 11.5 Å². The number of carbonyl (C=O) groups excluding carboxylic acids is 1. The van der Waals surface area contributed by atoms with Crippen molar-refractivity contribution in [3.63, 3.8) is 0 Å². The lowest BCUT2D eigenvalue weighted by Gasteiger charge is -2.35. The Morgan fingerprint density at radius 2 is 1.81 bits per heavy atom. The molecule has 1 aromatic heterocycles. The Balaban J connectivity index is 1.30. The highest BCUT2D eigenvalue weighted by molar-refractivity contribution is 6.30. The lowest BCUT2D eigenvalue weighted by atomic mass is 9.79. The Hall–Kier alpha value is -2.87. The maximum atomic E-state index is 13.5. The van der Waals surface area contributed by atoms with Gasteiger partial charge in [-0.25, -0.2) is 4.98 Å². The predicted molar refractivity (Wildman–Crippen MR) is 168 cm³/mol. The van der Waals surface area contributed by atoms with E-state index < -0.39 is 0 Å². The van der Waals surface area contributed by atoms with Gasteiger partial charge in [-0.15, -0.1) is 0 Å². The molecule has 5 rings (SSSR count). The largest absolute Gasteiger partial charge is 0.491 e. The highest BCUT2D eigenvalue weighted by atomic mass is 35.5. The van der Waals surface area contributed by atoms with E-state index in [0.717, 1.165) is 62.0 Å². The van der Waals surface area contributed by atoms with Crippen LogP contribution in [0.15, 0.2) is 48.5 Å². The minimum atomic E-state index is -0.181. The van der Waals surface area contributed by atoms with E-state index >= 15 is 0 Å². The van der Waals surface area contributed by atoms with E-state index in [4.69, 9.17) is 30.8 Å². The molecule has 2 fully saturated rings. The number of aromatic nitrogens is 1. The SMILES string of the molecule is COCCOc1cc(C(=O)N[C@@H]2CCCN(C(C)C)C2)nc2c(OCC3CCC(c4ccc(Cl)cc4)CC3)cccc12. The van der Waals surface area contributed by atoms with Crippen LogP contribution in [-0.2, 0) is 4.74 Å². The monoisotopic (exact) mass is 593 g/mol. The summed E-state index contributed by atoms with van der Waals surface area (Å²) in [5.41, 5.74) is 2.37. The van der Waals surface area contributed by atoms with Crippen LogP contribution in [0.1, 0.15) is 74.3 Å². The van der Waals surface area contributed by atoms with Crippen molar-refractivity contribution in [3.8, 4) is 11.5 Å².